The third kappa shape index (κ3) is 2.91. The molecule has 0 saturated carbocycles. The van der Waals surface area contributed by atoms with Gasteiger partial charge in [0.2, 0.25) is 0 Å². The van der Waals surface area contributed by atoms with Gasteiger partial charge in [-0.15, -0.1) is 0 Å². The number of benzene rings is 1. The third-order valence-electron chi connectivity index (χ3n) is 2.21. The molecule has 78 valence electrons. The van der Waals surface area contributed by atoms with Crippen LogP contribution >= 0.6 is 28.6 Å². The topological polar surface area (TPSA) is 26.3 Å². The highest BCUT2D eigenvalue weighted by molar-refractivity contribution is 8.05. The van der Waals surface area contributed by atoms with E-state index in [1.807, 2.05) is 26.8 Å². The maximum atomic E-state index is 11.0. The Bertz CT molecular complexity index is 398. The Morgan fingerprint density at radius 1 is 1.14 bits per heavy atom. The van der Waals surface area contributed by atoms with Gasteiger partial charge in [0.1, 0.15) is 5.75 Å². The number of hydrogen-bond donors (Lipinski definition) is 0. The van der Waals surface area contributed by atoms with Crippen LogP contribution in [-0.4, -0.2) is 0 Å². The first-order valence-corrected chi connectivity index (χ1v) is 7.50. The van der Waals surface area contributed by atoms with Gasteiger partial charge in [0.25, 0.3) is 0 Å². The van der Waals surface area contributed by atoms with Gasteiger partial charge < -0.3 is 4.52 Å². The van der Waals surface area contributed by atoms with Crippen LogP contribution in [0.1, 0.15) is 16.7 Å². The molecule has 1 rings (SSSR count). The average molecular weight is 253 g/mol. The van der Waals surface area contributed by atoms with Crippen LogP contribution in [0.2, 0.25) is 0 Å². The minimum absolute atomic E-state index is 0.474. The van der Waals surface area contributed by atoms with Gasteiger partial charge >= 0.3 is 6.07 Å². The number of hydrogen-bond acceptors (Lipinski definition) is 2. The lowest BCUT2D eigenvalue weighted by molar-refractivity contribution is 0.511. The molecule has 0 aliphatic carbocycles. The molecule has 0 amide bonds. The average Bonchev–Trinajstić information content (AvgIpc) is 2.04. The SMILES string of the molecule is Cc1ccc(OP(=O)(Cl)Cl)c(C)c1C. The summed E-state index contributed by atoms with van der Waals surface area (Å²) in [7, 11) is 0. The molecule has 0 bridgehead atoms. The number of rotatable bonds is 2. The summed E-state index contributed by atoms with van der Waals surface area (Å²) in [6, 6.07) is 3.59. The molecule has 0 aliphatic rings. The highest BCUT2D eigenvalue weighted by Crippen LogP contribution is 2.57. The van der Waals surface area contributed by atoms with E-state index in [2.05, 4.69) is 0 Å². The van der Waals surface area contributed by atoms with E-state index in [1.54, 1.807) is 6.07 Å². The van der Waals surface area contributed by atoms with Crippen molar-refractivity contribution in [3.05, 3.63) is 28.8 Å². The quantitative estimate of drug-likeness (QED) is 0.721. The van der Waals surface area contributed by atoms with Crippen LogP contribution in [0.25, 0.3) is 0 Å². The summed E-state index contributed by atoms with van der Waals surface area (Å²) in [5.74, 6) is 0.474. The van der Waals surface area contributed by atoms with Gasteiger partial charge in [-0.1, -0.05) is 6.07 Å². The van der Waals surface area contributed by atoms with Crippen LogP contribution in [0.3, 0.4) is 0 Å². The molecule has 0 aliphatic heterocycles. The molecule has 0 fully saturated rings. The van der Waals surface area contributed by atoms with Crippen molar-refractivity contribution in [2.45, 2.75) is 20.8 Å². The van der Waals surface area contributed by atoms with Gasteiger partial charge in [-0.25, -0.2) is 4.57 Å². The van der Waals surface area contributed by atoms with Crippen LogP contribution < -0.4 is 4.52 Å². The van der Waals surface area contributed by atoms with Crippen molar-refractivity contribution in [1.82, 2.24) is 0 Å². The predicted molar refractivity (Wildman–Crippen MR) is 60.6 cm³/mol. The van der Waals surface area contributed by atoms with E-state index in [-0.39, 0.29) is 0 Å². The zero-order chi connectivity index (χ0) is 10.9. The van der Waals surface area contributed by atoms with Gasteiger partial charge in [-0.2, -0.15) is 0 Å². The minimum atomic E-state index is -3.51. The maximum absolute atomic E-state index is 11.0. The summed E-state index contributed by atoms with van der Waals surface area (Å²) in [6.45, 7) is 5.83. The second-order valence-electron chi connectivity index (χ2n) is 3.14. The first kappa shape index (κ1) is 11.9. The van der Waals surface area contributed by atoms with Crippen molar-refractivity contribution in [2.24, 2.45) is 0 Å². The van der Waals surface area contributed by atoms with Crippen molar-refractivity contribution >= 4 is 28.6 Å². The van der Waals surface area contributed by atoms with E-state index >= 15 is 0 Å². The van der Waals surface area contributed by atoms with E-state index in [4.69, 9.17) is 27.0 Å². The molecule has 0 N–H and O–H groups in total. The van der Waals surface area contributed by atoms with E-state index in [1.165, 1.54) is 0 Å². The molecule has 0 unspecified atom stereocenters. The summed E-state index contributed by atoms with van der Waals surface area (Å²) in [5.41, 5.74) is 3.14. The molecule has 5 heteroatoms. The molecule has 1 aromatic carbocycles. The molecule has 0 radical (unpaired) electrons. The molecular weight excluding hydrogens is 242 g/mol. The first-order chi connectivity index (χ1) is 6.31. The second kappa shape index (κ2) is 4.14. The Balaban J connectivity index is 3.12. The molecule has 0 heterocycles. The molecule has 0 atom stereocenters. The highest BCUT2D eigenvalue weighted by Gasteiger charge is 2.18. The van der Waals surface area contributed by atoms with Crippen molar-refractivity contribution in [1.29, 1.82) is 0 Å². The lowest BCUT2D eigenvalue weighted by Gasteiger charge is -2.12. The van der Waals surface area contributed by atoms with Gasteiger partial charge in [0.05, 0.1) is 0 Å². The van der Waals surface area contributed by atoms with Gasteiger partial charge in [-0.3, -0.25) is 0 Å². The van der Waals surface area contributed by atoms with E-state index in [9.17, 15) is 4.57 Å². The third-order valence-corrected chi connectivity index (χ3v) is 3.04. The van der Waals surface area contributed by atoms with E-state index in [0.29, 0.717) is 5.75 Å². The monoisotopic (exact) mass is 252 g/mol. The van der Waals surface area contributed by atoms with Crippen LogP contribution in [-0.2, 0) is 4.57 Å². The van der Waals surface area contributed by atoms with Crippen LogP contribution in [0.15, 0.2) is 12.1 Å². The van der Waals surface area contributed by atoms with E-state index in [0.717, 1.165) is 16.7 Å². The smallest absolute Gasteiger partial charge is 0.422 e. The fourth-order valence-electron chi connectivity index (χ4n) is 1.14. The zero-order valence-electron chi connectivity index (χ0n) is 8.17. The molecule has 0 aromatic heterocycles. The molecule has 1 aromatic rings. The second-order valence-corrected chi connectivity index (χ2v) is 7.34. The van der Waals surface area contributed by atoms with Crippen molar-refractivity contribution < 1.29 is 9.09 Å². The van der Waals surface area contributed by atoms with Crippen molar-refractivity contribution in [3.63, 3.8) is 0 Å². The normalized spacial score (nSPS) is 11.5. The first-order valence-electron chi connectivity index (χ1n) is 4.07. The summed E-state index contributed by atoms with van der Waals surface area (Å²) in [5, 5.41) is 0. The summed E-state index contributed by atoms with van der Waals surface area (Å²) in [6.07, 6.45) is -3.51. The van der Waals surface area contributed by atoms with Crippen LogP contribution in [0, 0.1) is 20.8 Å². The maximum Gasteiger partial charge on any atom is 0.428 e. The van der Waals surface area contributed by atoms with Crippen LogP contribution in [0.4, 0.5) is 0 Å². The Morgan fingerprint density at radius 2 is 1.71 bits per heavy atom. The Labute approximate surface area is 93.2 Å². The molecule has 0 spiro atoms. The fraction of sp³-hybridized carbons (Fsp3) is 0.333. The Hall–Kier alpha value is -0.170. The van der Waals surface area contributed by atoms with Gasteiger partial charge in [0.15, 0.2) is 0 Å². The number of aryl methyl sites for hydroxylation is 1. The fourth-order valence-corrected chi connectivity index (χ4v) is 2.02. The molecule has 14 heavy (non-hydrogen) atoms. The number of halogens is 2. The largest absolute Gasteiger partial charge is 0.428 e. The molecular formula is C9H11Cl2O2P. The summed E-state index contributed by atoms with van der Waals surface area (Å²) >= 11 is 10.7. The Morgan fingerprint density at radius 3 is 2.21 bits per heavy atom. The lowest BCUT2D eigenvalue weighted by atomic mass is 10.0. The predicted octanol–water partition coefficient (Wildman–Crippen LogP) is 4.58. The van der Waals surface area contributed by atoms with Crippen molar-refractivity contribution in [2.75, 3.05) is 0 Å². The molecule has 2 nitrogen and oxygen atoms in total. The van der Waals surface area contributed by atoms with Gasteiger partial charge in [0, 0.05) is 22.5 Å². The zero-order valence-corrected chi connectivity index (χ0v) is 10.6. The van der Waals surface area contributed by atoms with Crippen molar-refractivity contribution in [3.8, 4) is 5.75 Å². The molecule has 0 saturated heterocycles. The van der Waals surface area contributed by atoms with Crippen LogP contribution in [0.5, 0.6) is 5.75 Å². The summed E-state index contributed by atoms with van der Waals surface area (Å²) < 4.78 is 16.0. The Kier molecular flexibility index (Phi) is 3.52. The highest BCUT2D eigenvalue weighted by atomic mass is 35.9. The van der Waals surface area contributed by atoms with Gasteiger partial charge in [-0.05, 0) is 43.5 Å². The minimum Gasteiger partial charge on any atom is -0.422 e. The lowest BCUT2D eigenvalue weighted by Crippen LogP contribution is -1.91. The standard InChI is InChI=1S/C9H11Cl2O2P/c1-6-4-5-9(8(3)7(6)2)13-14(10,11)12/h4-5H,1-3H3. The van der Waals surface area contributed by atoms with E-state index < -0.39 is 6.07 Å². The summed E-state index contributed by atoms with van der Waals surface area (Å²) in [4.78, 5) is 0.